The van der Waals surface area contributed by atoms with Gasteiger partial charge >= 0.3 is 0 Å². The molecular weight excluding hydrogens is 1210 g/mol. The Labute approximate surface area is 590 Å². The monoisotopic (exact) mass is 1290 g/mol. The molecule has 5 heteroatoms. The summed E-state index contributed by atoms with van der Waals surface area (Å²) in [4.78, 5) is 5.27. The molecule has 0 atom stereocenters. The van der Waals surface area contributed by atoms with E-state index < -0.39 is 5.41 Å². The van der Waals surface area contributed by atoms with Crippen LogP contribution in [0.25, 0.3) is 60.9 Å². The molecule has 0 radical (unpaired) electrons. The van der Waals surface area contributed by atoms with Gasteiger partial charge in [0.1, 0.15) is 11.5 Å². The molecule has 0 bridgehead atoms. The van der Waals surface area contributed by atoms with Crippen molar-refractivity contribution in [3.63, 3.8) is 0 Å². The van der Waals surface area contributed by atoms with Gasteiger partial charge in [0.2, 0.25) is 0 Å². The van der Waals surface area contributed by atoms with E-state index in [1.807, 2.05) is 0 Å². The van der Waals surface area contributed by atoms with Crippen molar-refractivity contribution < 1.29 is 4.74 Å². The minimum absolute atomic E-state index is 0.0533. The van der Waals surface area contributed by atoms with Crippen LogP contribution >= 0.6 is 0 Å². The highest BCUT2D eigenvalue weighted by atomic mass is 16.5. The van der Waals surface area contributed by atoms with E-state index in [0.29, 0.717) is 0 Å². The van der Waals surface area contributed by atoms with Crippen LogP contribution in [0.4, 0.5) is 34.1 Å². The molecule has 0 unspecified atom stereocenters. The van der Waals surface area contributed by atoms with Gasteiger partial charge in [0, 0.05) is 67.5 Å². The SMILES string of the molecule is CC(C)(C)c1cc(-c2cc3c4c(c2)N(c2ccccc2-c2ccccc2)c2cc5c(cc2B4c2ccc(-n4c6ccc(C(C)(C)C)cc6c6cc(C(C)(C)C)ccc64)cc2N3c2ccccc2-c2ccccc2)C(c2ccccc2)(c2ccccc2)c2ccccc2O5)cc(C(C)(C)C)c1. The van der Waals surface area contributed by atoms with Crippen molar-refractivity contribution in [2.24, 2.45) is 0 Å². The number of hydrogen-bond acceptors (Lipinski definition) is 3. The van der Waals surface area contributed by atoms with E-state index >= 15 is 0 Å². The van der Waals surface area contributed by atoms with Gasteiger partial charge in [-0.25, -0.2) is 0 Å². The summed E-state index contributed by atoms with van der Waals surface area (Å²) in [5.74, 6) is 1.66. The molecule has 0 amide bonds. The molecule has 0 spiro atoms. The maximum atomic E-state index is 7.56. The molecule has 0 aliphatic carbocycles. The lowest BCUT2D eigenvalue weighted by molar-refractivity contribution is 0.435. The highest BCUT2D eigenvalue weighted by Gasteiger charge is 2.50. The standard InChI is InChI=1S/C95H84BN3O/c1-91(2,3)67-45-49-82-74(56-67)75-57-68(92(4,5)6)46-50-83(75)97(82)71-47-48-78-84(58-71)98(80-42-28-25-39-72(80)61-31-17-13-18-32-61)86-53-64(63-51-69(93(7,8)9)55-70(52-63)94(10,11)12)54-87-90(86)96(78)79-59-77-89(60-85(79)99(87)81-43-29-26-40-73(81)62-33-19-14-20-34-62)100-88-44-30-27-41-76(88)95(77,65-35-21-15-22-36-65)66-37-23-16-24-38-66/h13-60H,1-12H3. The van der Waals surface area contributed by atoms with Gasteiger partial charge in [-0.3, -0.25) is 0 Å². The number of fused-ring (bicyclic) bond motifs is 9. The topological polar surface area (TPSA) is 20.6 Å². The molecule has 0 saturated carbocycles. The summed E-state index contributed by atoms with van der Waals surface area (Å²) in [5, 5.41) is 2.52. The molecule has 100 heavy (non-hydrogen) atoms. The Morgan fingerprint density at radius 2 is 0.740 bits per heavy atom. The normalized spacial score (nSPS) is 13.9. The summed E-state index contributed by atoms with van der Waals surface area (Å²) in [6.07, 6.45) is 0. The lowest BCUT2D eigenvalue weighted by Crippen LogP contribution is -2.61. The molecule has 0 N–H and O–H groups in total. The summed E-state index contributed by atoms with van der Waals surface area (Å²) >= 11 is 0. The van der Waals surface area contributed by atoms with Crippen LogP contribution in [0.1, 0.15) is 128 Å². The Morgan fingerprint density at radius 1 is 0.300 bits per heavy atom. The largest absolute Gasteiger partial charge is 0.457 e. The minimum Gasteiger partial charge on any atom is -0.457 e. The third-order valence-corrected chi connectivity index (χ3v) is 21.7. The van der Waals surface area contributed by atoms with Gasteiger partial charge in [0.25, 0.3) is 6.71 Å². The van der Waals surface area contributed by atoms with E-state index in [1.54, 1.807) is 0 Å². The van der Waals surface area contributed by atoms with Crippen molar-refractivity contribution in [1.82, 2.24) is 4.57 Å². The van der Waals surface area contributed by atoms with Gasteiger partial charge in [0.15, 0.2) is 0 Å². The van der Waals surface area contributed by atoms with Crippen LogP contribution in [0.5, 0.6) is 11.5 Å². The number of aromatic nitrogens is 1. The second-order valence-corrected chi connectivity index (χ2v) is 32.1. The van der Waals surface area contributed by atoms with E-state index in [9.17, 15) is 0 Å². The highest BCUT2D eigenvalue weighted by Crippen LogP contribution is 2.58. The van der Waals surface area contributed by atoms with Gasteiger partial charge in [0.05, 0.1) is 27.8 Å². The Balaban J connectivity index is 1.05. The van der Waals surface area contributed by atoms with Crippen molar-refractivity contribution in [3.05, 3.63) is 336 Å². The number of nitrogens with zero attached hydrogens (tertiary/aromatic N) is 3. The molecule has 488 valence electrons. The molecule has 0 fully saturated rings. The van der Waals surface area contributed by atoms with E-state index in [1.165, 1.54) is 77.1 Å². The average Bonchev–Trinajstić information content (AvgIpc) is 0.814. The number of hydrogen-bond donors (Lipinski definition) is 0. The first-order chi connectivity index (χ1) is 48.1. The number of para-hydroxylation sites is 3. The third-order valence-electron chi connectivity index (χ3n) is 21.7. The molecule has 0 saturated heterocycles. The van der Waals surface area contributed by atoms with Crippen LogP contribution in [0.15, 0.2) is 291 Å². The summed E-state index contributed by atoms with van der Waals surface area (Å²) in [5.41, 5.74) is 29.2. The number of ether oxygens (including phenoxy) is 1. The van der Waals surface area contributed by atoms with Crippen molar-refractivity contribution in [1.29, 1.82) is 0 Å². The number of anilines is 6. The molecule has 4 heterocycles. The predicted octanol–water partition coefficient (Wildman–Crippen LogP) is 23.5. The zero-order valence-corrected chi connectivity index (χ0v) is 59.5. The second kappa shape index (κ2) is 23.1. The Hall–Kier alpha value is -10.9. The third kappa shape index (κ3) is 10.1. The maximum absolute atomic E-state index is 7.56. The fourth-order valence-electron chi connectivity index (χ4n) is 16.5. The minimum atomic E-state index is -0.789. The van der Waals surface area contributed by atoms with Crippen LogP contribution in [0.2, 0.25) is 0 Å². The molecule has 1 aromatic heterocycles. The van der Waals surface area contributed by atoms with Crippen LogP contribution in [-0.2, 0) is 27.1 Å². The van der Waals surface area contributed by atoms with E-state index in [-0.39, 0.29) is 28.4 Å². The van der Waals surface area contributed by atoms with Gasteiger partial charge in [-0.15, -0.1) is 0 Å². The maximum Gasteiger partial charge on any atom is 0.252 e. The lowest BCUT2D eigenvalue weighted by atomic mass is 9.33. The summed E-state index contributed by atoms with van der Waals surface area (Å²) in [6.45, 7) is 27.8. The summed E-state index contributed by atoms with van der Waals surface area (Å²) in [7, 11) is 0. The molecule has 3 aliphatic rings. The van der Waals surface area contributed by atoms with Crippen LogP contribution < -0.4 is 30.9 Å². The van der Waals surface area contributed by atoms with Crippen molar-refractivity contribution >= 4 is 79.0 Å². The van der Waals surface area contributed by atoms with Gasteiger partial charge < -0.3 is 19.1 Å². The van der Waals surface area contributed by atoms with Gasteiger partial charge in [-0.1, -0.05) is 301 Å². The lowest BCUT2D eigenvalue weighted by Gasteiger charge is -2.47. The Morgan fingerprint density at radius 3 is 1.24 bits per heavy atom. The smallest absolute Gasteiger partial charge is 0.252 e. The Kier molecular flexibility index (Phi) is 14.5. The first-order valence-electron chi connectivity index (χ1n) is 35.7. The molecule has 17 rings (SSSR count). The molecule has 14 aromatic rings. The van der Waals surface area contributed by atoms with Gasteiger partial charge in [-0.05, 0) is 160 Å². The van der Waals surface area contributed by atoms with Crippen LogP contribution in [-0.4, -0.2) is 11.3 Å². The van der Waals surface area contributed by atoms with Crippen molar-refractivity contribution in [2.75, 3.05) is 9.80 Å². The zero-order valence-electron chi connectivity index (χ0n) is 59.5. The van der Waals surface area contributed by atoms with Crippen LogP contribution in [0.3, 0.4) is 0 Å². The summed E-state index contributed by atoms with van der Waals surface area (Å²) < 4.78 is 10.1. The second-order valence-electron chi connectivity index (χ2n) is 32.1. The van der Waals surface area contributed by atoms with E-state index in [4.69, 9.17) is 4.74 Å². The van der Waals surface area contributed by atoms with Crippen molar-refractivity contribution in [2.45, 2.75) is 110 Å². The first kappa shape index (κ1) is 62.6. The molecule has 4 nitrogen and oxygen atoms in total. The highest BCUT2D eigenvalue weighted by molar-refractivity contribution is 7.00. The number of rotatable bonds is 8. The van der Waals surface area contributed by atoms with E-state index in [2.05, 4.69) is 389 Å². The first-order valence-corrected chi connectivity index (χ1v) is 35.7. The molecule has 13 aromatic carbocycles. The predicted molar refractivity (Wildman–Crippen MR) is 424 cm³/mol. The fraction of sp³-hybridized carbons (Fsp3) is 0.179. The number of benzene rings is 13. The van der Waals surface area contributed by atoms with Gasteiger partial charge in [-0.2, -0.15) is 0 Å². The quantitative estimate of drug-likeness (QED) is 0.141. The fourth-order valence-corrected chi connectivity index (χ4v) is 16.5. The summed E-state index contributed by atoms with van der Waals surface area (Å²) in [6, 6.07) is 111. The van der Waals surface area contributed by atoms with Crippen LogP contribution in [0, 0.1) is 0 Å². The average molecular weight is 1290 g/mol. The zero-order chi connectivity index (χ0) is 68.8. The molecular formula is C95H84BN3O. The van der Waals surface area contributed by atoms with E-state index in [0.717, 1.165) is 90.3 Å². The Bertz CT molecular complexity index is 5420. The molecule has 3 aliphatic heterocycles. The van der Waals surface area contributed by atoms with Crippen molar-refractivity contribution in [3.8, 4) is 50.6 Å².